The molecule has 2 atom stereocenters. The topological polar surface area (TPSA) is 57.2 Å². The molecule has 4 aliphatic rings. The van der Waals surface area contributed by atoms with E-state index in [1.807, 2.05) is 0 Å². The third-order valence-electron chi connectivity index (χ3n) is 6.89. The molecular weight excluding hydrogens is 334 g/mol. The number of likely N-dealkylation sites (N-methyl/N-ethyl adjacent to an activating group) is 1. The van der Waals surface area contributed by atoms with Crippen LogP contribution in [-0.2, 0) is 26.1 Å². The first kappa shape index (κ1) is 16.0. The number of ketones is 1. The zero-order valence-corrected chi connectivity index (χ0v) is 15.4. The van der Waals surface area contributed by atoms with Crippen LogP contribution in [0.5, 0.6) is 11.5 Å². The van der Waals surface area contributed by atoms with Gasteiger partial charge >= 0.3 is 0 Å². The van der Waals surface area contributed by atoms with Crippen molar-refractivity contribution in [1.29, 1.82) is 0 Å². The molecule has 138 valence electrons. The molecule has 6 nitrogen and oxygen atoms in total. The van der Waals surface area contributed by atoms with Crippen LogP contribution in [0.15, 0.2) is 23.7 Å². The van der Waals surface area contributed by atoms with Gasteiger partial charge in [0.1, 0.15) is 0 Å². The van der Waals surface area contributed by atoms with Crippen LogP contribution >= 0.6 is 0 Å². The van der Waals surface area contributed by atoms with E-state index in [9.17, 15) is 4.79 Å². The predicted molar refractivity (Wildman–Crippen MR) is 93.2 cm³/mol. The second kappa shape index (κ2) is 5.16. The van der Waals surface area contributed by atoms with E-state index in [-0.39, 0.29) is 23.5 Å². The summed E-state index contributed by atoms with van der Waals surface area (Å²) in [6.07, 6.45) is 3.13. The second-order valence-corrected chi connectivity index (χ2v) is 7.64. The molecule has 1 aromatic rings. The summed E-state index contributed by atoms with van der Waals surface area (Å²) < 4.78 is 22.6. The van der Waals surface area contributed by atoms with E-state index < -0.39 is 0 Å². The molecule has 0 N–H and O–H groups in total. The monoisotopic (exact) mass is 357 g/mol. The molecule has 26 heavy (non-hydrogen) atoms. The van der Waals surface area contributed by atoms with Gasteiger partial charge in [0.15, 0.2) is 17.3 Å². The molecule has 0 amide bonds. The van der Waals surface area contributed by atoms with Crippen LogP contribution in [0.2, 0.25) is 0 Å². The highest BCUT2D eigenvalue weighted by Gasteiger charge is 2.67. The Bertz CT molecular complexity index is 847. The molecule has 0 aromatic heterocycles. The fourth-order valence-electron chi connectivity index (χ4n) is 5.83. The minimum Gasteiger partial charge on any atom is -0.495 e. The van der Waals surface area contributed by atoms with E-state index >= 15 is 0 Å². The van der Waals surface area contributed by atoms with Gasteiger partial charge in [-0.25, -0.2) is 0 Å². The van der Waals surface area contributed by atoms with E-state index in [1.54, 1.807) is 14.2 Å². The van der Waals surface area contributed by atoms with Gasteiger partial charge in [0.2, 0.25) is 18.3 Å². The first-order valence-corrected chi connectivity index (χ1v) is 9.07. The molecule has 0 unspecified atom stereocenters. The fourth-order valence-corrected chi connectivity index (χ4v) is 5.83. The SMILES string of the molecule is COC1=C(OC)[C@]23CCc4cc5c(cc4[C@]2(CCN3C)CC1=O)OCO5. The number of ether oxygens (including phenoxy) is 4. The van der Waals surface area contributed by atoms with Crippen molar-refractivity contribution in [3.63, 3.8) is 0 Å². The van der Waals surface area contributed by atoms with Crippen molar-refractivity contribution in [2.75, 3.05) is 34.6 Å². The van der Waals surface area contributed by atoms with E-state index in [0.717, 1.165) is 37.3 Å². The summed E-state index contributed by atoms with van der Waals surface area (Å²) in [7, 11) is 5.33. The van der Waals surface area contributed by atoms with Crippen molar-refractivity contribution < 1.29 is 23.7 Å². The molecule has 0 spiro atoms. The van der Waals surface area contributed by atoms with E-state index in [1.165, 1.54) is 11.1 Å². The Morgan fingerprint density at radius 3 is 2.62 bits per heavy atom. The van der Waals surface area contributed by atoms with Crippen LogP contribution in [0.1, 0.15) is 30.4 Å². The second-order valence-electron chi connectivity index (χ2n) is 7.64. The molecule has 5 rings (SSSR count). The Hall–Kier alpha value is -2.21. The molecule has 0 radical (unpaired) electrons. The van der Waals surface area contributed by atoms with Gasteiger partial charge in [-0.2, -0.15) is 0 Å². The molecule has 6 heteroatoms. The summed E-state index contributed by atoms with van der Waals surface area (Å²) in [5.74, 6) is 2.65. The number of aryl methyl sites for hydroxylation is 1. The molecule has 1 fully saturated rings. The van der Waals surface area contributed by atoms with Crippen LogP contribution in [0.3, 0.4) is 0 Å². The van der Waals surface area contributed by atoms with E-state index in [0.29, 0.717) is 17.9 Å². The average molecular weight is 357 g/mol. The van der Waals surface area contributed by atoms with Crippen molar-refractivity contribution in [1.82, 2.24) is 4.90 Å². The molecule has 2 aliphatic heterocycles. The zero-order chi connectivity index (χ0) is 18.1. The van der Waals surface area contributed by atoms with Crippen molar-refractivity contribution >= 4 is 5.78 Å². The highest BCUT2D eigenvalue weighted by Crippen LogP contribution is 2.62. The van der Waals surface area contributed by atoms with Gasteiger partial charge in [0, 0.05) is 11.8 Å². The highest BCUT2D eigenvalue weighted by atomic mass is 16.7. The van der Waals surface area contributed by atoms with Gasteiger partial charge in [-0.3, -0.25) is 9.69 Å². The van der Waals surface area contributed by atoms with Crippen molar-refractivity contribution in [2.24, 2.45) is 0 Å². The lowest BCUT2D eigenvalue weighted by atomic mass is 9.54. The predicted octanol–water partition coefficient (Wildman–Crippen LogP) is 2.15. The number of methoxy groups -OCH3 is 2. The number of carbonyl (C=O) groups excluding carboxylic acids is 1. The van der Waals surface area contributed by atoms with Crippen LogP contribution in [0, 0.1) is 0 Å². The first-order chi connectivity index (χ1) is 12.6. The Labute approximate surface area is 152 Å². The summed E-state index contributed by atoms with van der Waals surface area (Å²) in [4.78, 5) is 15.3. The van der Waals surface area contributed by atoms with Crippen LogP contribution in [-0.4, -0.2) is 50.8 Å². The molecule has 1 saturated heterocycles. The number of allylic oxidation sites excluding steroid dienone is 1. The third kappa shape index (κ3) is 1.64. The number of likely N-dealkylation sites (tertiary alicyclic amines) is 1. The van der Waals surface area contributed by atoms with Crippen LogP contribution < -0.4 is 9.47 Å². The Balaban J connectivity index is 1.80. The van der Waals surface area contributed by atoms with Gasteiger partial charge in [-0.05, 0) is 56.1 Å². The summed E-state index contributed by atoms with van der Waals surface area (Å²) >= 11 is 0. The number of nitrogens with zero attached hydrogens (tertiary/aromatic N) is 1. The molecule has 0 bridgehead atoms. The van der Waals surface area contributed by atoms with Gasteiger partial charge in [0.25, 0.3) is 0 Å². The van der Waals surface area contributed by atoms with Gasteiger partial charge < -0.3 is 18.9 Å². The normalized spacial score (nSPS) is 32.2. The minimum atomic E-state index is -0.359. The largest absolute Gasteiger partial charge is 0.495 e. The van der Waals surface area contributed by atoms with Crippen molar-refractivity contribution in [3.05, 3.63) is 34.8 Å². The molecule has 2 aliphatic carbocycles. The maximum absolute atomic E-state index is 13.0. The Morgan fingerprint density at radius 2 is 1.88 bits per heavy atom. The maximum atomic E-state index is 13.0. The zero-order valence-electron chi connectivity index (χ0n) is 15.4. The number of rotatable bonds is 2. The minimum absolute atomic E-state index is 0.0146. The van der Waals surface area contributed by atoms with Gasteiger partial charge in [-0.15, -0.1) is 0 Å². The number of hydrogen-bond acceptors (Lipinski definition) is 6. The average Bonchev–Trinajstić information content (AvgIpc) is 3.21. The smallest absolute Gasteiger partial charge is 0.231 e. The standard InChI is InChI=1S/C20H23NO5/c1-21-7-6-19-10-14(22)17(23-2)18(24-3)20(19,21)5-4-12-8-15-16(9-13(12)19)26-11-25-15/h8-9H,4-7,10-11H2,1-3H3/t19-,20+/m0/s1. The maximum Gasteiger partial charge on any atom is 0.231 e. The highest BCUT2D eigenvalue weighted by molar-refractivity contribution is 5.97. The van der Waals surface area contributed by atoms with Crippen LogP contribution in [0.25, 0.3) is 0 Å². The van der Waals surface area contributed by atoms with Gasteiger partial charge in [-0.1, -0.05) is 0 Å². The third-order valence-corrected chi connectivity index (χ3v) is 6.89. The van der Waals surface area contributed by atoms with Gasteiger partial charge in [0.05, 0.1) is 19.8 Å². The van der Waals surface area contributed by atoms with Crippen molar-refractivity contribution in [3.8, 4) is 11.5 Å². The van der Waals surface area contributed by atoms with E-state index in [4.69, 9.17) is 18.9 Å². The summed E-state index contributed by atoms with van der Waals surface area (Å²) in [6, 6.07) is 4.20. The number of carbonyl (C=O) groups is 1. The Kier molecular flexibility index (Phi) is 3.18. The quantitative estimate of drug-likeness (QED) is 0.808. The lowest BCUT2D eigenvalue weighted by molar-refractivity contribution is -0.124. The first-order valence-electron chi connectivity index (χ1n) is 9.07. The van der Waals surface area contributed by atoms with E-state index in [2.05, 4.69) is 24.1 Å². The van der Waals surface area contributed by atoms with Crippen molar-refractivity contribution in [2.45, 2.75) is 36.6 Å². The summed E-state index contributed by atoms with van der Waals surface area (Å²) in [6.45, 7) is 1.16. The lowest BCUT2D eigenvalue weighted by Crippen LogP contribution is -2.62. The summed E-state index contributed by atoms with van der Waals surface area (Å²) in [5.41, 5.74) is 1.78. The van der Waals surface area contributed by atoms with Crippen LogP contribution in [0.4, 0.5) is 0 Å². The number of Topliss-reactive ketones (excluding diaryl/α,β-unsaturated/α-hetero) is 1. The molecule has 2 heterocycles. The molecule has 1 aromatic carbocycles. The molecular formula is C20H23NO5. The number of fused-ring (bicyclic) bond motifs is 2. The summed E-state index contributed by atoms with van der Waals surface area (Å²) in [5, 5.41) is 0. The fraction of sp³-hybridized carbons (Fsp3) is 0.550. The number of benzene rings is 1. The molecule has 0 saturated carbocycles. The Morgan fingerprint density at radius 1 is 1.12 bits per heavy atom. The lowest BCUT2D eigenvalue weighted by Gasteiger charge is -2.55. The number of hydrogen-bond donors (Lipinski definition) is 0.